The van der Waals surface area contributed by atoms with Gasteiger partial charge in [-0.2, -0.15) is 13.2 Å². The predicted octanol–water partition coefficient (Wildman–Crippen LogP) is 4.38. The number of hydrogen-bond acceptors (Lipinski definition) is 2. The highest BCUT2D eigenvalue weighted by molar-refractivity contribution is 5.92. The summed E-state index contributed by atoms with van der Waals surface area (Å²) in [6.45, 7) is 0. The Bertz CT molecular complexity index is 736. The fourth-order valence-electron chi connectivity index (χ4n) is 2.59. The zero-order valence-electron chi connectivity index (χ0n) is 12.0. The van der Waals surface area contributed by atoms with Gasteiger partial charge < -0.3 is 4.74 Å². The van der Waals surface area contributed by atoms with Gasteiger partial charge in [-0.15, -0.1) is 0 Å². The molecule has 3 rings (SSSR count). The molecule has 5 heteroatoms. The molecule has 1 unspecified atom stereocenters. The van der Waals surface area contributed by atoms with Crippen molar-refractivity contribution in [3.63, 3.8) is 0 Å². The van der Waals surface area contributed by atoms with E-state index in [1.807, 2.05) is 0 Å². The molecule has 0 spiro atoms. The molecule has 0 fully saturated rings. The minimum absolute atomic E-state index is 0.0520. The van der Waals surface area contributed by atoms with Crippen molar-refractivity contribution in [1.29, 1.82) is 0 Å². The molecule has 1 atom stereocenters. The third-order valence-electron chi connectivity index (χ3n) is 3.83. The van der Waals surface area contributed by atoms with Crippen LogP contribution < -0.4 is 0 Å². The summed E-state index contributed by atoms with van der Waals surface area (Å²) in [5.74, 6) is -1.34. The van der Waals surface area contributed by atoms with Crippen molar-refractivity contribution in [3.8, 4) is 0 Å². The number of hydrogen-bond donors (Lipinski definition) is 0. The van der Waals surface area contributed by atoms with E-state index in [4.69, 9.17) is 4.74 Å². The number of benzene rings is 2. The Balaban J connectivity index is 2.06. The van der Waals surface area contributed by atoms with Gasteiger partial charge in [0.05, 0.1) is 0 Å². The zero-order valence-corrected chi connectivity index (χ0v) is 12.0. The Labute approximate surface area is 131 Å². The van der Waals surface area contributed by atoms with E-state index < -0.39 is 24.0 Å². The van der Waals surface area contributed by atoms with Crippen LogP contribution in [0.3, 0.4) is 0 Å². The summed E-state index contributed by atoms with van der Waals surface area (Å²) in [4.78, 5) is 12.1. The predicted molar refractivity (Wildman–Crippen MR) is 79.1 cm³/mol. The van der Waals surface area contributed by atoms with Crippen LogP contribution in [0.4, 0.5) is 13.2 Å². The second-order valence-corrected chi connectivity index (χ2v) is 5.40. The largest absolute Gasteiger partial charge is 0.425 e. The summed E-state index contributed by atoms with van der Waals surface area (Å²) in [6.07, 6.45) is -4.32. The Morgan fingerprint density at radius 1 is 0.913 bits per heavy atom. The van der Waals surface area contributed by atoms with Crippen molar-refractivity contribution in [3.05, 3.63) is 77.9 Å². The summed E-state index contributed by atoms with van der Waals surface area (Å²) in [5.41, 5.74) is -1.79. The number of ether oxygens (including phenoxy) is 1. The highest BCUT2D eigenvalue weighted by atomic mass is 19.4. The molecule has 23 heavy (non-hydrogen) atoms. The van der Waals surface area contributed by atoms with E-state index >= 15 is 0 Å². The van der Waals surface area contributed by atoms with Gasteiger partial charge >= 0.3 is 12.1 Å². The first-order chi connectivity index (χ1) is 10.9. The van der Waals surface area contributed by atoms with Gasteiger partial charge in [0.25, 0.3) is 0 Å². The smallest absolute Gasteiger partial charge is 0.408 e. The lowest BCUT2D eigenvalue weighted by molar-refractivity contribution is -0.212. The fraction of sp³-hybridized carbons (Fsp3) is 0.167. The van der Waals surface area contributed by atoms with Crippen LogP contribution >= 0.6 is 0 Å². The van der Waals surface area contributed by atoms with E-state index in [-0.39, 0.29) is 5.76 Å². The number of cyclic esters (lactones) is 1. The molecule has 0 amide bonds. The van der Waals surface area contributed by atoms with Gasteiger partial charge in [0.2, 0.25) is 0 Å². The third kappa shape index (κ3) is 2.74. The van der Waals surface area contributed by atoms with Crippen LogP contribution in [-0.2, 0) is 16.0 Å². The highest BCUT2D eigenvalue weighted by Crippen LogP contribution is 2.49. The molecule has 0 saturated heterocycles. The number of halogens is 3. The lowest BCUT2D eigenvalue weighted by Gasteiger charge is -2.26. The monoisotopic (exact) mass is 318 g/mol. The number of rotatable bonds is 3. The van der Waals surface area contributed by atoms with Crippen molar-refractivity contribution in [2.45, 2.75) is 12.6 Å². The Hall–Kier alpha value is -2.56. The molecule has 0 N–H and O–H groups in total. The summed E-state index contributed by atoms with van der Waals surface area (Å²) in [5, 5.41) is 0. The Morgan fingerprint density at radius 3 is 2.04 bits per heavy atom. The van der Waals surface area contributed by atoms with Gasteiger partial charge in [-0.25, -0.2) is 0 Å². The van der Waals surface area contributed by atoms with Gasteiger partial charge in [-0.1, -0.05) is 60.7 Å². The van der Waals surface area contributed by atoms with Crippen molar-refractivity contribution < 1.29 is 22.7 Å². The number of alkyl halides is 3. The first-order valence-electron chi connectivity index (χ1n) is 7.04. The van der Waals surface area contributed by atoms with Crippen LogP contribution in [0.25, 0.3) is 5.76 Å². The van der Waals surface area contributed by atoms with Crippen molar-refractivity contribution in [2.75, 3.05) is 0 Å². The van der Waals surface area contributed by atoms with Crippen LogP contribution in [-0.4, -0.2) is 12.1 Å². The number of carbonyl (C=O) groups is 1. The maximum absolute atomic E-state index is 13.7. The van der Waals surface area contributed by atoms with Gasteiger partial charge in [0.15, 0.2) is 5.41 Å². The molecule has 2 nitrogen and oxygen atoms in total. The fourth-order valence-corrected chi connectivity index (χ4v) is 2.59. The first-order valence-corrected chi connectivity index (χ1v) is 7.04. The Kier molecular flexibility index (Phi) is 3.72. The molecule has 118 valence electrons. The van der Waals surface area contributed by atoms with Crippen molar-refractivity contribution in [2.24, 2.45) is 5.41 Å². The summed E-state index contributed by atoms with van der Waals surface area (Å²) < 4.78 is 46.1. The zero-order chi connectivity index (χ0) is 16.5. The van der Waals surface area contributed by atoms with Crippen LogP contribution in [0.5, 0.6) is 0 Å². The SMILES string of the molecule is O=C1OC(c2ccccc2)=CC1(Cc1ccccc1)C(F)(F)F. The molecule has 1 aliphatic heterocycles. The second kappa shape index (κ2) is 5.57. The quantitative estimate of drug-likeness (QED) is 0.785. The average molecular weight is 318 g/mol. The van der Waals surface area contributed by atoms with E-state index in [2.05, 4.69) is 0 Å². The van der Waals surface area contributed by atoms with Crippen molar-refractivity contribution in [1.82, 2.24) is 0 Å². The van der Waals surface area contributed by atoms with Crippen molar-refractivity contribution >= 4 is 11.7 Å². The normalized spacial score (nSPS) is 21.0. The summed E-state index contributed by atoms with van der Waals surface area (Å²) in [7, 11) is 0. The molecule has 1 aliphatic rings. The molecule has 0 radical (unpaired) electrons. The van der Waals surface area contributed by atoms with E-state index in [0.717, 1.165) is 6.08 Å². The van der Waals surface area contributed by atoms with Gasteiger partial charge in [0, 0.05) is 12.0 Å². The van der Waals surface area contributed by atoms with Crippen LogP contribution in [0, 0.1) is 5.41 Å². The lowest BCUT2D eigenvalue weighted by atomic mass is 9.81. The summed E-state index contributed by atoms with van der Waals surface area (Å²) in [6, 6.07) is 16.4. The molecule has 0 aliphatic carbocycles. The maximum atomic E-state index is 13.7. The van der Waals surface area contributed by atoms with E-state index in [9.17, 15) is 18.0 Å². The molecule has 2 aromatic rings. The average Bonchev–Trinajstić information content (AvgIpc) is 2.87. The maximum Gasteiger partial charge on any atom is 0.408 e. The highest BCUT2D eigenvalue weighted by Gasteiger charge is 2.63. The van der Waals surface area contributed by atoms with Gasteiger partial charge in [-0.3, -0.25) is 4.79 Å². The van der Waals surface area contributed by atoms with Gasteiger partial charge in [0.1, 0.15) is 5.76 Å². The molecule has 1 heterocycles. The molecule has 0 bridgehead atoms. The van der Waals surface area contributed by atoms with E-state index in [1.54, 1.807) is 60.7 Å². The number of esters is 1. The first kappa shape index (κ1) is 15.3. The molecule has 0 saturated carbocycles. The van der Waals surface area contributed by atoms with Crippen LogP contribution in [0.15, 0.2) is 66.7 Å². The van der Waals surface area contributed by atoms with E-state index in [1.165, 1.54) is 0 Å². The summed E-state index contributed by atoms with van der Waals surface area (Å²) >= 11 is 0. The molecule has 0 aromatic heterocycles. The molecule has 2 aromatic carbocycles. The van der Waals surface area contributed by atoms with Gasteiger partial charge in [-0.05, 0) is 11.6 Å². The second-order valence-electron chi connectivity index (χ2n) is 5.40. The minimum atomic E-state index is -4.74. The van der Waals surface area contributed by atoms with Crippen LogP contribution in [0.2, 0.25) is 0 Å². The lowest BCUT2D eigenvalue weighted by Crippen LogP contribution is -2.43. The third-order valence-corrected chi connectivity index (χ3v) is 3.83. The van der Waals surface area contributed by atoms with E-state index in [0.29, 0.717) is 11.1 Å². The topological polar surface area (TPSA) is 26.3 Å². The molecular formula is C18H13F3O2. The number of carbonyl (C=O) groups excluding carboxylic acids is 1. The van der Waals surface area contributed by atoms with Crippen LogP contribution in [0.1, 0.15) is 11.1 Å². The Morgan fingerprint density at radius 2 is 1.48 bits per heavy atom. The molecular weight excluding hydrogens is 305 g/mol. The standard InChI is InChI=1S/C18H13F3O2/c19-18(20,21)17(11-13-7-3-1-4-8-13)12-15(23-16(17)22)14-9-5-2-6-10-14/h1-10,12H,11H2. The minimum Gasteiger partial charge on any atom is -0.425 e.